The molecule has 2 aromatic carbocycles. The number of aromatic nitrogens is 2. The molecule has 0 aliphatic heterocycles. The molecule has 1 heterocycles. The average molecular weight is 424 g/mol. The number of carbonyl (C=O) groups is 1. The van der Waals surface area contributed by atoms with E-state index in [0.717, 1.165) is 12.8 Å². The maximum Gasteiger partial charge on any atom is 0.262 e. The molecule has 3 rings (SSSR count). The van der Waals surface area contributed by atoms with Crippen molar-refractivity contribution in [2.24, 2.45) is 0 Å². The third-order valence-corrected chi connectivity index (χ3v) is 5.76. The van der Waals surface area contributed by atoms with Crippen LogP contribution in [0.15, 0.2) is 64.5 Å². The fraction of sp³-hybridized carbons (Fsp3) is 0.375. The van der Waals surface area contributed by atoms with Gasteiger partial charge in [0.1, 0.15) is 0 Å². The predicted octanol–water partition coefficient (Wildman–Crippen LogP) is 4.42. The third-order valence-electron chi connectivity index (χ3n) is 4.67. The van der Waals surface area contributed by atoms with Crippen LogP contribution >= 0.6 is 11.8 Å². The van der Waals surface area contributed by atoms with Crippen molar-refractivity contribution in [1.82, 2.24) is 14.9 Å². The van der Waals surface area contributed by atoms with Crippen LogP contribution in [0.2, 0.25) is 0 Å². The van der Waals surface area contributed by atoms with Gasteiger partial charge in [0, 0.05) is 12.1 Å². The highest BCUT2D eigenvalue weighted by molar-refractivity contribution is 8.00. The van der Waals surface area contributed by atoms with Crippen LogP contribution in [0.3, 0.4) is 0 Å². The standard InChI is InChI=1S/C24H29N3O2S/c1-17(21(28)26-24(2,3)4)30-23-25-20-15-9-8-14-19(20)22(29)27(23)16-10-13-18-11-6-5-7-12-18/h5-9,11-12,14-15,17H,10,13,16H2,1-4H3,(H,26,28)/t17-/m0/s1. The number of rotatable bonds is 7. The second-order valence-corrected chi connectivity index (χ2v) is 9.76. The summed E-state index contributed by atoms with van der Waals surface area (Å²) in [6.07, 6.45) is 1.70. The number of aryl methyl sites for hydroxylation is 1. The van der Waals surface area contributed by atoms with Crippen LogP contribution in [-0.4, -0.2) is 26.2 Å². The van der Waals surface area contributed by atoms with E-state index in [1.807, 2.05) is 70.2 Å². The Morgan fingerprint density at radius 2 is 1.77 bits per heavy atom. The summed E-state index contributed by atoms with van der Waals surface area (Å²) in [6.45, 7) is 8.27. The number of amides is 1. The van der Waals surface area contributed by atoms with E-state index in [2.05, 4.69) is 17.4 Å². The van der Waals surface area contributed by atoms with E-state index in [0.29, 0.717) is 22.6 Å². The Hall–Kier alpha value is -2.60. The second-order valence-electron chi connectivity index (χ2n) is 8.46. The lowest BCUT2D eigenvalue weighted by molar-refractivity contribution is -0.121. The van der Waals surface area contributed by atoms with Gasteiger partial charge in [-0.1, -0.05) is 54.2 Å². The fourth-order valence-electron chi connectivity index (χ4n) is 3.20. The maximum atomic E-state index is 13.2. The van der Waals surface area contributed by atoms with E-state index in [4.69, 9.17) is 4.98 Å². The second kappa shape index (κ2) is 9.47. The zero-order valence-corrected chi connectivity index (χ0v) is 18.8. The lowest BCUT2D eigenvalue weighted by Gasteiger charge is -2.23. The first-order chi connectivity index (χ1) is 14.2. The molecule has 0 aliphatic carbocycles. The molecule has 0 bridgehead atoms. The van der Waals surface area contributed by atoms with Gasteiger partial charge in [-0.2, -0.15) is 0 Å². The van der Waals surface area contributed by atoms with Gasteiger partial charge >= 0.3 is 0 Å². The lowest BCUT2D eigenvalue weighted by atomic mass is 10.1. The highest BCUT2D eigenvalue weighted by Gasteiger charge is 2.22. The molecule has 0 saturated heterocycles. The number of nitrogens with zero attached hydrogens (tertiary/aromatic N) is 2. The molecular formula is C24H29N3O2S. The van der Waals surface area contributed by atoms with Gasteiger partial charge in [-0.3, -0.25) is 14.2 Å². The SMILES string of the molecule is C[C@H](Sc1nc2ccccc2c(=O)n1CCCc1ccccc1)C(=O)NC(C)(C)C. The van der Waals surface area contributed by atoms with E-state index in [1.54, 1.807) is 4.57 Å². The molecule has 158 valence electrons. The van der Waals surface area contributed by atoms with Gasteiger partial charge in [-0.05, 0) is 58.2 Å². The van der Waals surface area contributed by atoms with Gasteiger partial charge in [0.05, 0.1) is 16.2 Å². The number of hydrogen-bond acceptors (Lipinski definition) is 4. The fourth-order valence-corrected chi connectivity index (χ4v) is 4.14. The minimum Gasteiger partial charge on any atom is -0.351 e. The first-order valence-electron chi connectivity index (χ1n) is 10.3. The van der Waals surface area contributed by atoms with Crippen molar-refractivity contribution in [3.63, 3.8) is 0 Å². The highest BCUT2D eigenvalue weighted by atomic mass is 32.2. The number of benzene rings is 2. The summed E-state index contributed by atoms with van der Waals surface area (Å²) in [4.78, 5) is 30.5. The van der Waals surface area contributed by atoms with Gasteiger partial charge in [0.25, 0.3) is 5.56 Å². The summed E-state index contributed by atoms with van der Waals surface area (Å²) in [6, 6.07) is 17.6. The predicted molar refractivity (Wildman–Crippen MR) is 124 cm³/mol. The number of fused-ring (bicyclic) bond motifs is 1. The Bertz CT molecular complexity index is 1070. The van der Waals surface area contributed by atoms with Crippen molar-refractivity contribution in [3.8, 4) is 0 Å². The molecule has 30 heavy (non-hydrogen) atoms. The highest BCUT2D eigenvalue weighted by Crippen LogP contribution is 2.23. The van der Waals surface area contributed by atoms with Gasteiger partial charge < -0.3 is 5.32 Å². The summed E-state index contributed by atoms with van der Waals surface area (Å²) in [5.41, 5.74) is 1.54. The largest absolute Gasteiger partial charge is 0.351 e. The summed E-state index contributed by atoms with van der Waals surface area (Å²) in [5.74, 6) is -0.0641. The molecule has 0 radical (unpaired) electrons. The molecule has 0 fully saturated rings. The van der Waals surface area contributed by atoms with Crippen LogP contribution in [0.4, 0.5) is 0 Å². The van der Waals surface area contributed by atoms with E-state index >= 15 is 0 Å². The van der Waals surface area contributed by atoms with Crippen LogP contribution < -0.4 is 10.9 Å². The average Bonchev–Trinajstić information content (AvgIpc) is 2.70. The minimum atomic E-state index is -0.363. The van der Waals surface area contributed by atoms with Gasteiger partial charge in [0.2, 0.25) is 5.91 Å². The molecule has 1 N–H and O–H groups in total. The number of thioether (sulfide) groups is 1. The topological polar surface area (TPSA) is 64.0 Å². The summed E-state index contributed by atoms with van der Waals surface area (Å²) < 4.78 is 1.72. The molecule has 1 aromatic heterocycles. The molecule has 0 saturated carbocycles. The Morgan fingerprint density at radius 1 is 1.10 bits per heavy atom. The summed E-state index contributed by atoms with van der Waals surface area (Å²) in [5, 5.41) is 3.83. The molecule has 0 aliphatic rings. The van der Waals surface area contributed by atoms with Crippen LogP contribution in [0, 0.1) is 0 Å². The minimum absolute atomic E-state index is 0.0559. The molecule has 1 amide bonds. The number of para-hydroxylation sites is 1. The van der Waals surface area contributed by atoms with E-state index in [9.17, 15) is 9.59 Å². The maximum absolute atomic E-state index is 13.2. The molecule has 0 spiro atoms. The van der Waals surface area contributed by atoms with Crippen molar-refractivity contribution < 1.29 is 4.79 Å². The Kier molecular flexibility index (Phi) is 6.98. The van der Waals surface area contributed by atoms with E-state index < -0.39 is 0 Å². The zero-order valence-electron chi connectivity index (χ0n) is 18.0. The van der Waals surface area contributed by atoms with Crippen LogP contribution in [0.1, 0.15) is 39.7 Å². The summed E-state index contributed by atoms with van der Waals surface area (Å²) >= 11 is 1.33. The Labute approximate surface area is 181 Å². The number of hydrogen-bond donors (Lipinski definition) is 1. The molecule has 6 heteroatoms. The van der Waals surface area contributed by atoms with Crippen LogP contribution in [-0.2, 0) is 17.8 Å². The van der Waals surface area contributed by atoms with Crippen molar-refractivity contribution >= 4 is 28.6 Å². The lowest BCUT2D eigenvalue weighted by Crippen LogP contribution is -2.44. The number of nitrogens with one attached hydrogen (secondary N) is 1. The molecular weight excluding hydrogens is 394 g/mol. The Balaban J connectivity index is 1.86. The molecule has 0 unspecified atom stereocenters. The summed E-state index contributed by atoms with van der Waals surface area (Å²) in [7, 11) is 0. The monoisotopic (exact) mass is 423 g/mol. The molecule has 1 atom stereocenters. The van der Waals surface area contributed by atoms with E-state index in [1.165, 1.54) is 17.3 Å². The first-order valence-corrected chi connectivity index (χ1v) is 11.1. The van der Waals surface area contributed by atoms with Crippen LogP contribution in [0.5, 0.6) is 0 Å². The van der Waals surface area contributed by atoms with Crippen molar-refractivity contribution in [3.05, 3.63) is 70.5 Å². The van der Waals surface area contributed by atoms with Gasteiger partial charge in [-0.15, -0.1) is 0 Å². The van der Waals surface area contributed by atoms with Crippen LogP contribution in [0.25, 0.3) is 10.9 Å². The zero-order chi connectivity index (χ0) is 21.7. The van der Waals surface area contributed by atoms with E-state index in [-0.39, 0.29) is 22.3 Å². The molecule has 5 nitrogen and oxygen atoms in total. The first kappa shape index (κ1) is 22.1. The van der Waals surface area contributed by atoms with Crippen molar-refractivity contribution in [2.45, 2.75) is 63.0 Å². The third kappa shape index (κ3) is 5.72. The Morgan fingerprint density at radius 3 is 2.47 bits per heavy atom. The molecule has 3 aromatic rings. The smallest absolute Gasteiger partial charge is 0.262 e. The van der Waals surface area contributed by atoms with Gasteiger partial charge in [-0.25, -0.2) is 4.98 Å². The number of carbonyl (C=O) groups excluding carboxylic acids is 1. The quantitative estimate of drug-likeness (QED) is 0.451. The normalized spacial score (nSPS) is 12.7. The van der Waals surface area contributed by atoms with Gasteiger partial charge in [0.15, 0.2) is 5.16 Å². The van der Waals surface area contributed by atoms with Crippen molar-refractivity contribution in [2.75, 3.05) is 0 Å². The van der Waals surface area contributed by atoms with Crippen molar-refractivity contribution in [1.29, 1.82) is 0 Å².